The summed E-state index contributed by atoms with van der Waals surface area (Å²) in [6.07, 6.45) is 6.79. The van der Waals surface area contributed by atoms with E-state index >= 15 is 0 Å². The van der Waals surface area contributed by atoms with Crippen LogP contribution in [0.25, 0.3) is 6.08 Å². The molecule has 0 saturated carbocycles. The summed E-state index contributed by atoms with van der Waals surface area (Å²) in [6.45, 7) is 0.469. The SMILES string of the molecule is COc1ccc(N(Cc2ccc(N(C)C)cc2)C(=O)/C=C/c2cccnc2)cc1. The zero-order valence-corrected chi connectivity index (χ0v) is 16.9. The minimum atomic E-state index is -0.101. The molecule has 0 atom stereocenters. The van der Waals surface area contributed by atoms with E-state index in [1.165, 1.54) is 0 Å². The Labute approximate surface area is 171 Å². The molecule has 3 rings (SSSR count). The van der Waals surface area contributed by atoms with Gasteiger partial charge in [0.15, 0.2) is 0 Å². The summed E-state index contributed by atoms with van der Waals surface area (Å²) in [6, 6.07) is 19.5. The molecule has 0 saturated heterocycles. The van der Waals surface area contributed by atoms with Gasteiger partial charge in [-0.1, -0.05) is 18.2 Å². The Morgan fingerprint density at radius 3 is 2.28 bits per heavy atom. The van der Waals surface area contributed by atoms with Crippen molar-refractivity contribution in [1.82, 2.24) is 4.98 Å². The van der Waals surface area contributed by atoms with Crippen LogP contribution in [0, 0.1) is 0 Å². The van der Waals surface area contributed by atoms with Crippen LogP contribution in [0.2, 0.25) is 0 Å². The topological polar surface area (TPSA) is 45.7 Å². The Morgan fingerprint density at radius 2 is 1.69 bits per heavy atom. The van der Waals surface area contributed by atoms with Crippen molar-refractivity contribution in [2.24, 2.45) is 0 Å². The normalized spacial score (nSPS) is 10.7. The van der Waals surface area contributed by atoms with Crippen LogP contribution in [0.15, 0.2) is 79.1 Å². The highest BCUT2D eigenvalue weighted by Crippen LogP contribution is 2.23. The molecular formula is C24H25N3O2. The number of carbonyl (C=O) groups excluding carboxylic acids is 1. The van der Waals surface area contributed by atoms with Gasteiger partial charge in [0.05, 0.1) is 13.7 Å². The molecule has 3 aromatic rings. The summed E-state index contributed by atoms with van der Waals surface area (Å²) in [5, 5.41) is 0. The van der Waals surface area contributed by atoms with Gasteiger partial charge in [0.2, 0.25) is 0 Å². The van der Waals surface area contributed by atoms with E-state index in [2.05, 4.69) is 17.1 Å². The number of ether oxygens (including phenoxy) is 1. The average Bonchev–Trinajstić information content (AvgIpc) is 2.77. The second-order valence-corrected chi connectivity index (χ2v) is 6.80. The summed E-state index contributed by atoms with van der Waals surface area (Å²) >= 11 is 0. The molecule has 29 heavy (non-hydrogen) atoms. The number of rotatable bonds is 7. The number of hydrogen-bond donors (Lipinski definition) is 0. The molecule has 2 aromatic carbocycles. The molecule has 0 unspecified atom stereocenters. The third kappa shape index (κ3) is 5.45. The zero-order valence-electron chi connectivity index (χ0n) is 16.9. The molecular weight excluding hydrogens is 362 g/mol. The van der Waals surface area contributed by atoms with Gasteiger partial charge in [0.25, 0.3) is 5.91 Å². The minimum absolute atomic E-state index is 0.101. The molecule has 1 amide bonds. The molecule has 0 spiro atoms. The summed E-state index contributed by atoms with van der Waals surface area (Å²) in [4.78, 5) is 20.9. The Kier molecular flexibility index (Phi) is 6.63. The maximum Gasteiger partial charge on any atom is 0.251 e. The first-order valence-electron chi connectivity index (χ1n) is 9.37. The first-order chi connectivity index (χ1) is 14.1. The monoisotopic (exact) mass is 387 g/mol. The van der Waals surface area contributed by atoms with Crippen molar-refractivity contribution in [2.45, 2.75) is 6.54 Å². The highest BCUT2D eigenvalue weighted by Gasteiger charge is 2.14. The first-order valence-corrected chi connectivity index (χ1v) is 9.37. The van der Waals surface area contributed by atoms with E-state index in [9.17, 15) is 4.79 Å². The number of methoxy groups -OCH3 is 1. The van der Waals surface area contributed by atoms with Gasteiger partial charge in [0, 0.05) is 43.9 Å². The molecule has 5 nitrogen and oxygen atoms in total. The third-order valence-corrected chi connectivity index (χ3v) is 4.55. The number of anilines is 2. The number of benzene rings is 2. The molecule has 0 radical (unpaired) electrons. The predicted octanol–water partition coefficient (Wildman–Crippen LogP) is 4.40. The van der Waals surface area contributed by atoms with Crippen molar-refractivity contribution in [3.8, 4) is 5.75 Å². The van der Waals surface area contributed by atoms with E-state index in [1.54, 1.807) is 36.6 Å². The van der Waals surface area contributed by atoms with Gasteiger partial charge < -0.3 is 14.5 Å². The van der Waals surface area contributed by atoms with E-state index in [4.69, 9.17) is 4.74 Å². The van der Waals surface area contributed by atoms with Gasteiger partial charge in [-0.3, -0.25) is 9.78 Å². The minimum Gasteiger partial charge on any atom is -0.497 e. The van der Waals surface area contributed by atoms with E-state index in [0.29, 0.717) is 6.54 Å². The summed E-state index contributed by atoms with van der Waals surface area (Å²) in [7, 11) is 5.64. The quantitative estimate of drug-likeness (QED) is 0.564. The Balaban J connectivity index is 1.86. The van der Waals surface area contributed by atoms with E-state index < -0.39 is 0 Å². The lowest BCUT2D eigenvalue weighted by molar-refractivity contribution is -0.114. The molecule has 0 bridgehead atoms. The molecule has 5 heteroatoms. The third-order valence-electron chi connectivity index (χ3n) is 4.55. The van der Waals surface area contributed by atoms with Gasteiger partial charge in [-0.25, -0.2) is 0 Å². The number of carbonyl (C=O) groups is 1. The largest absolute Gasteiger partial charge is 0.497 e. The van der Waals surface area contributed by atoms with Crippen LogP contribution in [-0.4, -0.2) is 32.1 Å². The number of pyridine rings is 1. The molecule has 1 aromatic heterocycles. The van der Waals surface area contributed by atoms with Crippen molar-refractivity contribution >= 4 is 23.4 Å². The predicted molar refractivity (Wildman–Crippen MR) is 118 cm³/mol. The van der Waals surface area contributed by atoms with Crippen LogP contribution in [0.3, 0.4) is 0 Å². The molecule has 1 heterocycles. The van der Waals surface area contributed by atoms with Crippen LogP contribution in [0.4, 0.5) is 11.4 Å². The Hall–Kier alpha value is -3.60. The van der Waals surface area contributed by atoms with Crippen LogP contribution in [0.1, 0.15) is 11.1 Å². The van der Waals surface area contributed by atoms with Crippen LogP contribution < -0.4 is 14.5 Å². The molecule has 0 aliphatic rings. The fourth-order valence-corrected chi connectivity index (χ4v) is 2.87. The molecule has 0 N–H and O–H groups in total. The highest BCUT2D eigenvalue weighted by molar-refractivity contribution is 6.03. The Morgan fingerprint density at radius 1 is 1.00 bits per heavy atom. The van der Waals surface area contributed by atoms with Crippen molar-refractivity contribution < 1.29 is 9.53 Å². The fraction of sp³-hybridized carbons (Fsp3) is 0.167. The van der Waals surface area contributed by atoms with Gasteiger partial charge in [-0.15, -0.1) is 0 Å². The molecule has 0 aliphatic heterocycles. The summed E-state index contributed by atoms with van der Waals surface area (Å²) in [5.74, 6) is 0.651. The molecule has 0 aliphatic carbocycles. The fourth-order valence-electron chi connectivity index (χ4n) is 2.87. The number of nitrogens with zero attached hydrogens (tertiary/aromatic N) is 3. The zero-order chi connectivity index (χ0) is 20.6. The van der Waals surface area contributed by atoms with Crippen molar-refractivity contribution in [1.29, 1.82) is 0 Å². The molecule has 0 fully saturated rings. The highest BCUT2D eigenvalue weighted by atomic mass is 16.5. The van der Waals surface area contributed by atoms with Gasteiger partial charge in [-0.05, 0) is 59.7 Å². The van der Waals surface area contributed by atoms with E-state index in [-0.39, 0.29) is 5.91 Å². The smallest absolute Gasteiger partial charge is 0.251 e. The van der Waals surface area contributed by atoms with E-state index in [1.807, 2.05) is 67.5 Å². The van der Waals surface area contributed by atoms with Crippen molar-refractivity contribution in [2.75, 3.05) is 31.0 Å². The number of hydrogen-bond acceptors (Lipinski definition) is 4. The Bertz CT molecular complexity index is 950. The van der Waals surface area contributed by atoms with Crippen molar-refractivity contribution in [3.63, 3.8) is 0 Å². The molecule has 148 valence electrons. The van der Waals surface area contributed by atoms with Crippen LogP contribution in [0.5, 0.6) is 5.75 Å². The number of amides is 1. The maximum atomic E-state index is 13.0. The maximum absolute atomic E-state index is 13.0. The summed E-state index contributed by atoms with van der Waals surface area (Å²) < 4.78 is 5.24. The number of aromatic nitrogens is 1. The van der Waals surface area contributed by atoms with Crippen LogP contribution in [-0.2, 0) is 11.3 Å². The van der Waals surface area contributed by atoms with Crippen LogP contribution >= 0.6 is 0 Å². The average molecular weight is 387 g/mol. The standard InChI is InChI=1S/C24H25N3O2/c1-26(2)21-9-6-20(7-10-21)18-27(22-11-13-23(29-3)14-12-22)24(28)15-8-19-5-4-16-25-17-19/h4-17H,18H2,1-3H3/b15-8+. The lowest BCUT2D eigenvalue weighted by Gasteiger charge is -2.22. The van der Waals surface area contributed by atoms with Crippen molar-refractivity contribution in [3.05, 3.63) is 90.3 Å². The summed E-state index contributed by atoms with van der Waals surface area (Å²) in [5.41, 5.74) is 3.86. The van der Waals surface area contributed by atoms with Gasteiger partial charge >= 0.3 is 0 Å². The van der Waals surface area contributed by atoms with Gasteiger partial charge in [0.1, 0.15) is 5.75 Å². The lowest BCUT2D eigenvalue weighted by Crippen LogP contribution is -2.28. The second kappa shape index (κ2) is 9.55. The lowest BCUT2D eigenvalue weighted by atomic mass is 10.1. The first kappa shape index (κ1) is 20.1. The second-order valence-electron chi connectivity index (χ2n) is 6.80. The van der Waals surface area contributed by atoms with E-state index in [0.717, 1.165) is 28.3 Å². The van der Waals surface area contributed by atoms with Gasteiger partial charge in [-0.2, -0.15) is 0 Å².